The van der Waals surface area contributed by atoms with E-state index in [1.165, 1.54) is 31.3 Å². The van der Waals surface area contributed by atoms with Gasteiger partial charge < -0.3 is 9.73 Å². The molecule has 0 saturated heterocycles. The average Bonchev–Trinajstić information content (AvgIpc) is 3.55. The van der Waals surface area contributed by atoms with E-state index in [9.17, 15) is 0 Å². The van der Waals surface area contributed by atoms with E-state index in [-0.39, 0.29) is 0 Å². The van der Waals surface area contributed by atoms with Crippen molar-refractivity contribution in [3.8, 4) is 22.3 Å². The summed E-state index contributed by atoms with van der Waals surface area (Å²) in [6.45, 7) is 0. The second-order valence-corrected chi connectivity index (χ2v) is 11.0. The van der Waals surface area contributed by atoms with Crippen LogP contribution in [0.2, 0.25) is 0 Å². The van der Waals surface area contributed by atoms with Gasteiger partial charge in [-0.1, -0.05) is 72.8 Å². The number of para-hydroxylation sites is 2. The largest absolute Gasteiger partial charge is 0.456 e. The van der Waals surface area contributed by atoms with E-state index in [1.807, 2.05) is 29.5 Å². The van der Waals surface area contributed by atoms with Crippen LogP contribution in [-0.4, -0.2) is 0 Å². The molecule has 3 heteroatoms. The Kier molecular flexibility index (Phi) is 5.04. The number of thiophene rings is 1. The smallest absolute Gasteiger partial charge is 0.135 e. The number of fused-ring (bicyclic) bond motifs is 6. The minimum Gasteiger partial charge on any atom is -0.456 e. The van der Waals surface area contributed by atoms with Crippen LogP contribution in [0.5, 0.6) is 0 Å². The lowest BCUT2D eigenvalue weighted by molar-refractivity contribution is 0.669. The predicted octanol–water partition coefficient (Wildman–Crippen LogP) is 11.0. The van der Waals surface area contributed by atoms with Gasteiger partial charge in [0.15, 0.2) is 0 Å². The Morgan fingerprint density at radius 3 is 2.05 bits per heavy atom. The third-order valence-corrected chi connectivity index (χ3v) is 8.62. The van der Waals surface area contributed by atoms with Gasteiger partial charge in [-0.2, -0.15) is 0 Å². The van der Waals surface area contributed by atoms with E-state index in [2.05, 4.69) is 121 Å². The highest BCUT2D eigenvalue weighted by Crippen LogP contribution is 2.40. The highest BCUT2D eigenvalue weighted by atomic mass is 32.1. The van der Waals surface area contributed by atoms with Crippen molar-refractivity contribution in [1.82, 2.24) is 0 Å². The van der Waals surface area contributed by atoms with E-state index in [4.69, 9.17) is 4.42 Å². The zero-order valence-corrected chi connectivity index (χ0v) is 21.8. The molecule has 2 nitrogen and oxygen atoms in total. The van der Waals surface area contributed by atoms with Crippen molar-refractivity contribution in [2.75, 3.05) is 5.32 Å². The molecule has 6 aromatic carbocycles. The molecular formula is C36H23NOS. The number of furan rings is 1. The highest BCUT2D eigenvalue weighted by Gasteiger charge is 2.13. The quantitative estimate of drug-likeness (QED) is 0.251. The molecule has 0 atom stereocenters. The first-order valence-corrected chi connectivity index (χ1v) is 13.9. The molecule has 0 aliphatic carbocycles. The Balaban J connectivity index is 1.31. The lowest BCUT2D eigenvalue weighted by atomic mass is 9.95. The normalized spacial score (nSPS) is 11.6. The molecule has 0 bridgehead atoms. The van der Waals surface area contributed by atoms with E-state index in [1.54, 1.807) is 0 Å². The molecule has 0 aliphatic heterocycles. The summed E-state index contributed by atoms with van der Waals surface area (Å²) in [5, 5.41) is 8.55. The molecule has 1 N–H and O–H groups in total. The van der Waals surface area contributed by atoms with Crippen LogP contribution in [0, 0.1) is 0 Å². The summed E-state index contributed by atoms with van der Waals surface area (Å²) in [6, 6.07) is 47.3. The maximum atomic E-state index is 6.12. The Labute approximate surface area is 229 Å². The first-order chi connectivity index (χ1) is 19.3. The Bertz CT molecular complexity index is 2150. The van der Waals surface area contributed by atoms with Crippen LogP contribution < -0.4 is 5.32 Å². The van der Waals surface area contributed by atoms with Gasteiger partial charge in [-0.15, -0.1) is 11.3 Å². The molecule has 184 valence electrons. The summed E-state index contributed by atoms with van der Waals surface area (Å²) in [7, 11) is 0. The Hall–Kier alpha value is -4.86. The van der Waals surface area contributed by atoms with Gasteiger partial charge in [-0.05, 0) is 77.4 Å². The zero-order valence-electron chi connectivity index (χ0n) is 21.0. The summed E-state index contributed by atoms with van der Waals surface area (Å²) >= 11 is 1.85. The first-order valence-electron chi connectivity index (χ1n) is 13.1. The molecule has 0 radical (unpaired) electrons. The number of hydrogen-bond acceptors (Lipinski definition) is 3. The number of rotatable bonds is 4. The molecule has 0 saturated carbocycles. The van der Waals surface area contributed by atoms with Crippen molar-refractivity contribution in [2.45, 2.75) is 0 Å². The van der Waals surface area contributed by atoms with Crippen molar-refractivity contribution >= 4 is 64.8 Å². The van der Waals surface area contributed by atoms with Crippen molar-refractivity contribution in [3.63, 3.8) is 0 Å². The minimum absolute atomic E-state index is 0.906. The van der Waals surface area contributed by atoms with Crippen LogP contribution in [0.3, 0.4) is 0 Å². The van der Waals surface area contributed by atoms with E-state index < -0.39 is 0 Å². The predicted molar refractivity (Wildman–Crippen MR) is 167 cm³/mol. The highest BCUT2D eigenvalue weighted by molar-refractivity contribution is 7.25. The molecule has 0 spiro atoms. The Morgan fingerprint density at radius 2 is 1.13 bits per heavy atom. The zero-order chi connectivity index (χ0) is 25.8. The van der Waals surface area contributed by atoms with Crippen LogP contribution in [0.25, 0.3) is 64.4 Å². The molecular weight excluding hydrogens is 494 g/mol. The molecule has 0 aliphatic rings. The van der Waals surface area contributed by atoms with Gasteiger partial charge >= 0.3 is 0 Å². The third-order valence-electron chi connectivity index (χ3n) is 7.47. The van der Waals surface area contributed by atoms with Crippen molar-refractivity contribution < 1.29 is 4.42 Å². The molecule has 2 aromatic heterocycles. The van der Waals surface area contributed by atoms with Crippen LogP contribution in [0.4, 0.5) is 11.4 Å². The van der Waals surface area contributed by atoms with E-state index in [0.717, 1.165) is 44.4 Å². The standard InChI is InChI=1S/C36H23NOS/c1-2-8-26(9-3-1)37-32-17-14-23(24-16-19-36-31(21-24)28-11-5-7-13-35(28)39-36)20-29(32)25-15-18-34-30(22-25)27-10-4-6-12-33(27)38-34/h1-22,37H. The fourth-order valence-electron chi connectivity index (χ4n) is 5.55. The third kappa shape index (κ3) is 3.79. The van der Waals surface area contributed by atoms with Gasteiger partial charge in [-0.25, -0.2) is 0 Å². The van der Waals surface area contributed by atoms with Crippen molar-refractivity contribution in [1.29, 1.82) is 0 Å². The first kappa shape index (κ1) is 22.2. The monoisotopic (exact) mass is 517 g/mol. The molecule has 8 rings (SSSR count). The topological polar surface area (TPSA) is 25.2 Å². The number of hydrogen-bond donors (Lipinski definition) is 1. The van der Waals surface area contributed by atoms with Gasteiger partial charge in [0.2, 0.25) is 0 Å². The fourth-order valence-corrected chi connectivity index (χ4v) is 6.63. The van der Waals surface area contributed by atoms with E-state index in [0.29, 0.717) is 0 Å². The van der Waals surface area contributed by atoms with Crippen LogP contribution in [0.1, 0.15) is 0 Å². The minimum atomic E-state index is 0.906. The number of anilines is 2. The van der Waals surface area contributed by atoms with Crippen molar-refractivity contribution in [3.05, 3.63) is 133 Å². The SMILES string of the molecule is c1ccc(Nc2ccc(-c3ccc4sc5ccccc5c4c3)cc2-c2ccc3oc4ccccc4c3c2)cc1. The fraction of sp³-hybridized carbons (Fsp3) is 0. The second-order valence-electron chi connectivity index (χ2n) is 9.87. The maximum Gasteiger partial charge on any atom is 0.135 e. The lowest BCUT2D eigenvalue weighted by Crippen LogP contribution is -1.94. The van der Waals surface area contributed by atoms with Gasteiger partial charge in [-0.3, -0.25) is 0 Å². The van der Waals surface area contributed by atoms with Gasteiger partial charge in [0.05, 0.1) is 0 Å². The summed E-state index contributed by atoms with van der Waals surface area (Å²) < 4.78 is 8.76. The van der Waals surface area contributed by atoms with Crippen LogP contribution >= 0.6 is 11.3 Å². The van der Waals surface area contributed by atoms with Gasteiger partial charge in [0, 0.05) is 47.9 Å². The maximum absolute atomic E-state index is 6.12. The van der Waals surface area contributed by atoms with E-state index >= 15 is 0 Å². The second kappa shape index (κ2) is 8.87. The molecule has 0 unspecified atom stereocenters. The van der Waals surface area contributed by atoms with Crippen molar-refractivity contribution in [2.24, 2.45) is 0 Å². The number of nitrogens with one attached hydrogen (secondary N) is 1. The van der Waals surface area contributed by atoms with Crippen LogP contribution in [0.15, 0.2) is 138 Å². The molecule has 8 aromatic rings. The summed E-state index contributed by atoms with van der Waals surface area (Å²) in [4.78, 5) is 0. The molecule has 0 fully saturated rings. The average molecular weight is 518 g/mol. The summed E-state index contributed by atoms with van der Waals surface area (Å²) in [5.74, 6) is 0. The van der Waals surface area contributed by atoms with Crippen LogP contribution in [-0.2, 0) is 0 Å². The Morgan fingerprint density at radius 1 is 0.462 bits per heavy atom. The summed E-state index contributed by atoms with van der Waals surface area (Å²) in [5.41, 5.74) is 8.66. The molecule has 0 amide bonds. The molecule has 39 heavy (non-hydrogen) atoms. The summed E-state index contributed by atoms with van der Waals surface area (Å²) in [6.07, 6.45) is 0. The van der Waals surface area contributed by atoms with Gasteiger partial charge in [0.1, 0.15) is 11.2 Å². The molecule has 2 heterocycles. The number of benzene rings is 6. The van der Waals surface area contributed by atoms with Gasteiger partial charge in [0.25, 0.3) is 0 Å². The lowest BCUT2D eigenvalue weighted by Gasteiger charge is -2.15.